The summed E-state index contributed by atoms with van der Waals surface area (Å²) in [4.78, 5) is 13.7. The van der Waals surface area contributed by atoms with Crippen LogP contribution in [0.3, 0.4) is 0 Å². The average molecular weight is 252 g/mol. The van der Waals surface area contributed by atoms with Gasteiger partial charge >= 0.3 is 0 Å². The minimum Gasteiger partial charge on any atom is -0.336 e. The molecule has 1 amide bonds. The van der Waals surface area contributed by atoms with Gasteiger partial charge in [0.25, 0.3) is 0 Å². The predicted octanol–water partition coefficient (Wildman–Crippen LogP) is 2.30. The Morgan fingerprint density at radius 3 is 2.67 bits per heavy atom. The quantitative estimate of drug-likeness (QED) is 0.844. The molecule has 1 atom stereocenters. The molecule has 0 heterocycles. The summed E-state index contributed by atoms with van der Waals surface area (Å²) in [5, 5.41) is 0. The topological polar surface area (TPSA) is 46.3 Å². The number of nitrogens with two attached hydrogens (primary N) is 1. The first-order valence-electron chi connectivity index (χ1n) is 6.33. The molecule has 1 rings (SSSR count). The highest BCUT2D eigenvalue weighted by Gasteiger charge is 2.19. The summed E-state index contributed by atoms with van der Waals surface area (Å²) in [5.41, 5.74) is 5.96. The number of benzene rings is 1. The highest BCUT2D eigenvalue weighted by molar-refractivity contribution is 5.76. The van der Waals surface area contributed by atoms with Crippen molar-refractivity contribution in [3.63, 3.8) is 0 Å². The second-order valence-electron chi connectivity index (χ2n) is 4.41. The minimum absolute atomic E-state index is 0.0184. The average Bonchev–Trinajstić information content (AvgIpc) is 2.37. The molecule has 18 heavy (non-hydrogen) atoms. The molecule has 0 spiro atoms. The number of halogens is 1. The summed E-state index contributed by atoms with van der Waals surface area (Å²) in [6, 6.07) is 6.64. The van der Waals surface area contributed by atoms with Crippen molar-refractivity contribution in [2.24, 2.45) is 5.73 Å². The maximum Gasteiger partial charge on any atom is 0.224 e. The number of hydrogen-bond acceptors (Lipinski definition) is 2. The molecule has 0 saturated heterocycles. The molecule has 3 nitrogen and oxygen atoms in total. The van der Waals surface area contributed by atoms with Gasteiger partial charge in [0.2, 0.25) is 5.91 Å². The molecular formula is C14H21FN2O. The number of rotatable bonds is 6. The van der Waals surface area contributed by atoms with Crippen LogP contribution in [-0.2, 0) is 11.3 Å². The van der Waals surface area contributed by atoms with Gasteiger partial charge in [-0.05, 0) is 19.4 Å². The monoisotopic (exact) mass is 252 g/mol. The smallest absolute Gasteiger partial charge is 0.224 e. The van der Waals surface area contributed by atoms with Crippen molar-refractivity contribution < 1.29 is 9.18 Å². The van der Waals surface area contributed by atoms with Gasteiger partial charge in [-0.2, -0.15) is 0 Å². The molecule has 0 aliphatic carbocycles. The van der Waals surface area contributed by atoms with Gasteiger partial charge in [0.1, 0.15) is 5.82 Å². The first-order valence-corrected chi connectivity index (χ1v) is 6.33. The van der Waals surface area contributed by atoms with Crippen LogP contribution in [-0.4, -0.2) is 23.4 Å². The van der Waals surface area contributed by atoms with Gasteiger partial charge in [0.15, 0.2) is 0 Å². The van der Waals surface area contributed by atoms with E-state index in [1.54, 1.807) is 23.1 Å². The Kier molecular flexibility index (Phi) is 5.78. The summed E-state index contributed by atoms with van der Waals surface area (Å²) in [5.74, 6) is -0.290. The van der Waals surface area contributed by atoms with Crippen LogP contribution in [0.4, 0.5) is 4.39 Å². The molecule has 2 N–H and O–H groups in total. The Hall–Kier alpha value is -1.42. The van der Waals surface area contributed by atoms with E-state index in [1.165, 1.54) is 6.07 Å². The molecule has 0 saturated carbocycles. The highest BCUT2D eigenvalue weighted by Crippen LogP contribution is 2.14. The Balaban J connectivity index is 2.85. The lowest BCUT2D eigenvalue weighted by molar-refractivity contribution is -0.133. The summed E-state index contributed by atoms with van der Waals surface area (Å²) in [7, 11) is 0. The lowest BCUT2D eigenvalue weighted by Gasteiger charge is -2.29. The number of nitrogens with zero attached hydrogens (tertiary/aromatic N) is 1. The fourth-order valence-electron chi connectivity index (χ4n) is 1.79. The molecule has 0 aliphatic rings. The van der Waals surface area contributed by atoms with Gasteiger partial charge in [-0.15, -0.1) is 0 Å². The van der Waals surface area contributed by atoms with E-state index >= 15 is 0 Å². The van der Waals surface area contributed by atoms with Gasteiger partial charge in [-0.3, -0.25) is 4.79 Å². The molecule has 0 aliphatic heterocycles. The van der Waals surface area contributed by atoms with Gasteiger partial charge in [0.05, 0.1) is 0 Å². The van der Waals surface area contributed by atoms with Crippen molar-refractivity contribution in [3.05, 3.63) is 35.6 Å². The molecule has 1 aromatic rings. The molecule has 100 valence electrons. The van der Waals surface area contributed by atoms with Crippen LogP contribution in [0.5, 0.6) is 0 Å². The van der Waals surface area contributed by atoms with E-state index in [0.717, 1.165) is 6.42 Å². The van der Waals surface area contributed by atoms with Gasteiger partial charge in [0, 0.05) is 31.1 Å². The standard InChI is InChI=1S/C14H21FN2O/c1-3-11(2)17(14(18)8-9-16)10-12-6-4-5-7-13(12)15/h4-7,11H,3,8-10,16H2,1-2H3. The zero-order chi connectivity index (χ0) is 13.5. The van der Waals surface area contributed by atoms with Gasteiger partial charge in [-0.25, -0.2) is 4.39 Å². The van der Waals surface area contributed by atoms with E-state index in [2.05, 4.69) is 0 Å². The second kappa shape index (κ2) is 7.11. The molecule has 1 unspecified atom stereocenters. The lowest BCUT2D eigenvalue weighted by Crippen LogP contribution is -2.38. The van der Waals surface area contributed by atoms with Gasteiger partial charge < -0.3 is 10.6 Å². The van der Waals surface area contributed by atoms with Crippen molar-refractivity contribution in [2.75, 3.05) is 6.54 Å². The fourth-order valence-corrected chi connectivity index (χ4v) is 1.79. The SMILES string of the molecule is CCC(C)N(Cc1ccccc1F)C(=O)CCN. The molecule has 0 radical (unpaired) electrons. The molecule has 0 aromatic heterocycles. The maximum atomic E-state index is 13.6. The van der Waals surface area contributed by atoms with E-state index in [1.807, 2.05) is 13.8 Å². The maximum absolute atomic E-state index is 13.6. The fraction of sp³-hybridized carbons (Fsp3) is 0.500. The Labute approximate surface area is 108 Å². The molecule has 0 fully saturated rings. The number of carbonyl (C=O) groups is 1. The van der Waals surface area contributed by atoms with Gasteiger partial charge in [-0.1, -0.05) is 25.1 Å². The normalized spacial score (nSPS) is 12.2. The zero-order valence-electron chi connectivity index (χ0n) is 11.0. The predicted molar refractivity (Wildman–Crippen MR) is 70.4 cm³/mol. The first-order chi connectivity index (χ1) is 8.60. The molecular weight excluding hydrogens is 231 g/mol. The molecule has 0 bridgehead atoms. The van der Waals surface area contributed by atoms with Crippen LogP contribution in [0.15, 0.2) is 24.3 Å². The van der Waals surface area contributed by atoms with Crippen LogP contribution in [0.25, 0.3) is 0 Å². The van der Waals surface area contributed by atoms with Crippen LogP contribution in [0.1, 0.15) is 32.3 Å². The van der Waals surface area contributed by atoms with Crippen molar-refractivity contribution in [1.29, 1.82) is 0 Å². The van der Waals surface area contributed by atoms with Crippen molar-refractivity contribution >= 4 is 5.91 Å². The van der Waals surface area contributed by atoms with Crippen LogP contribution in [0.2, 0.25) is 0 Å². The Morgan fingerprint density at radius 1 is 1.44 bits per heavy atom. The van der Waals surface area contributed by atoms with E-state index in [4.69, 9.17) is 5.73 Å². The second-order valence-corrected chi connectivity index (χ2v) is 4.41. The van der Waals surface area contributed by atoms with Crippen LogP contribution >= 0.6 is 0 Å². The van der Waals surface area contributed by atoms with Crippen LogP contribution in [0, 0.1) is 5.82 Å². The zero-order valence-corrected chi connectivity index (χ0v) is 11.0. The third-order valence-electron chi connectivity index (χ3n) is 3.10. The van der Waals surface area contributed by atoms with E-state index < -0.39 is 0 Å². The number of amides is 1. The third-order valence-corrected chi connectivity index (χ3v) is 3.10. The lowest BCUT2D eigenvalue weighted by atomic mass is 10.1. The number of carbonyl (C=O) groups excluding carboxylic acids is 1. The third kappa shape index (κ3) is 3.81. The van der Waals surface area contributed by atoms with Crippen molar-refractivity contribution in [1.82, 2.24) is 4.90 Å². The van der Waals surface area contributed by atoms with E-state index in [9.17, 15) is 9.18 Å². The largest absolute Gasteiger partial charge is 0.336 e. The Morgan fingerprint density at radius 2 is 2.11 bits per heavy atom. The van der Waals surface area contributed by atoms with Crippen molar-refractivity contribution in [3.8, 4) is 0 Å². The Bertz CT molecular complexity index is 395. The van der Waals surface area contributed by atoms with Crippen LogP contribution < -0.4 is 5.73 Å². The van der Waals surface area contributed by atoms with E-state index in [0.29, 0.717) is 25.1 Å². The summed E-state index contributed by atoms with van der Waals surface area (Å²) >= 11 is 0. The summed E-state index contributed by atoms with van der Waals surface area (Å²) in [6.45, 7) is 4.60. The number of hydrogen-bond donors (Lipinski definition) is 1. The van der Waals surface area contributed by atoms with E-state index in [-0.39, 0.29) is 17.8 Å². The summed E-state index contributed by atoms with van der Waals surface area (Å²) in [6.07, 6.45) is 1.14. The summed E-state index contributed by atoms with van der Waals surface area (Å²) < 4.78 is 13.6. The molecule has 1 aromatic carbocycles. The highest BCUT2D eigenvalue weighted by atomic mass is 19.1. The van der Waals surface area contributed by atoms with Crippen molar-refractivity contribution in [2.45, 2.75) is 39.3 Å². The molecule has 4 heteroatoms. The first kappa shape index (κ1) is 14.6. The minimum atomic E-state index is -0.272.